The number of sulfonamides is 1. The van der Waals surface area contributed by atoms with Gasteiger partial charge in [0.15, 0.2) is 0 Å². The van der Waals surface area contributed by atoms with Crippen LogP contribution in [0.2, 0.25) is 0 Å². The van der Waals surface area contributed by atoms with Gasteiger partial charge in [-0.3, -0.25) is 14.3 Å². The molecule has 0 spiro atoms. The molecule has 10 heteroatoms. The minimum Gasteiger partial charge on any atom is -0.481 e. The summed E-state index contributed by atoms with van der Waals surface area (Å²) in [6.45, 7) is -0.232. The molecule has 0 aliphatic rings. The van der Waals surface area contributed by atoms with Crippen LogP contribution in [0.3, 0.4) is 0 Å². The highest BCUT2D eigenvalue weighted by atomic mass is 32.2. The van der Waals surface area contributed by atoms with Gasteiger partial charge in [-0.25, -0.2) is 13.1 Å². The van der Waals surface area contributed by atoms with Crippen molar-refractivity contribution in [2.45, 2.75) is 17.7 Å². The zero-order chi connectivity index (χ0) is 15.2. The van der Waals surface area contributed by atoms with Gasteiger partial charge >= 0.3 is 5.97 Å². The third kappa shape index (κ3) is 5.36. The van der Waals surface area contributed by atoms with E-state index in [0.29, 0.717) is 0 Å². The summed E-state index contributed by atoms with van der Waals surface area (Å²) < 4.78 is 27.0. The van der Waals surface area contributed by atoms with E-state index in [9.17, 15) is 18.0 Å². The number of carbonyl (C=O) groups is 2. The van der Waals surface area contributed by atoms with Crippen molar-refractivity contribution < 1.29 is 23.1 Å². The van der Waals surface area contributed by atoms with Crippen LogP contribution >= 0.6 is 0 Å². The lowest BCUT2D eigenvalue weighted by Gasteiger charge is -2.06. The number of amides is 1. The van der Waals surface area contributed by atoms with Gasteiger partial charge in [0.2, 0.25) is 15.9 Å². The zero-order valence-corrected chi connectivity index (χ0v) is 11.7. The number of aromatic nitrogens is 2. The van der Waals surface area contributed by atoms with Crippen LogP contribution < -0.4 is 10.0 Å². The van der Waals surface area contributed by atoms with E-state index in [1.165, 1.54) is 17.1 Å². The molecule has 3 N–H and O–H groups in total. The Hall–Kier alpha value is -1.94. The van der Waals surface area contributed by atoms with Crippen LogP contribution in [0, 0.1) is 0 Å². The van der Waals surface area contributed by atoms with Crippen LogP contribution in [0.4, 0.5) is 0 Å². The van der Waals surface area contributed by atoms with Gasteiger partial charge in [0, 0.05) is 26.2 Å². The number of carboxylic acids is 1. The predicted molar refractivity (Wildman–Crippen MR) is 68.3 cm³/mol. The number of carbonyl (C=O) groups excluding carboxylic acids is 1. The fourth-order valence-corrected chi connectivity index (χ4v) is 2.28. The Kier molecular flexibility index (Phi) is 5.65. The number of hydrogen-bond donors (Lipinski definition) is 3. The van der Waals surface area contributed by atoms with Gasteiger partial charge in [-0.1, -0.05) is 0 Å². The molecule has 0 unspecified atom stereocenters. The molecular weight excluding hydrogens is 288 g/mol. The molecule has 0 aliphatic carbocycles. The number of aryl methyl sites for hydroxylation is 1. The average molecular weight is 304 g/mol. The number of aliphatic carboxylic acids is 1. The normalized spacial score (nSPS) is 11.2. The third-order valence-electron chi connectivity index (χ3n) is 2.30. The van der Waals surface area contributed by atoms with E-state index in [2.05, 4.69) is 15.1 Å². The van der Waals surface area contributed by atoms with E-state index >= 15 is 0 Å². The van der Waals surface area contributed by atoms with Gasteiger partial charge in [0.25, 0.3) is 0 Å². The number of rotatable bonds is 8. The van der Waals surface area contributed by atoms with Crippen LogP contribution in [-0.2, 0) is 26.7 Å². The van der Waals surface area contributed by atoms with Crippen LogP contribution in [0.1, 0.15) is 12.8 Å². The largest absolute Gasteiger partial charge is 0.481 e. The molecular formula is C10H16N4O5S. The van der Waals surface area contributed by atoms with E-state index in [-0.39, 0.29) is 24.3 Å². The molecule has 0 atom stereocenters. The van der Waals surface area contributed by atoms with Gasteiger partial charge in [0.05, 0.1) is 12.7 Å². The Morgan fingerprint density at radius 3 is 2.70 bits per heavy atom. The first-order chi connectivity index (χ1) is 9.31. The van der Waals surface area contributed by atoms with E-state index in [1.807, 2.05) is 0 Å². The molecule has 0 bridgehead atoms. The van der Waals surface area contributed by atoms with Crippen molar-refractivity contribution >= 4 is 21.9 Å². The van der Waals surface area contributed by atoms with Crippen molar-refractivity contribution in [1.82, 2.24) is 19.8 Å². The van der Waals surface area contributed by atoms with Crippen LogP contribution in [0.5, 0.6) is 0 Å². The van der Waals surface area contributed by atoms with Crippen LogP contribution in [-0.4, -0.2) is 48.3 Å². The number of carboxylic acid groups (broad SMARTS) is 1. The number of nitrogens with zero attached hydrogens (tertiary/aromatic N) is 2. The number of nitrogens with one attached hydrogen (secondary N) is 2. The van der Waals surface area contributed by atoms with Crippen molar-refractivity contribution in [3.05, 3.63) is 12.4 Å². The monoisotopic (exact) mass is 304 g/mol. The van der Waals surface area contributed by atoms with Gasteiger partial charge in [0.1, 0.15) is 4.90 Å². The molecule has 0 saturated heterocycles. The van der Waals surface area contributed by atoms with Gasteiger partial charge < -0.3 is 10.4 Å². The lowest BCUT2D eigenvalue weighted by molar-refractivity contribution is -0.137. The fraction of sp³-hybridized carbons (Fsp3) is 0.500. The van der Waals surface area contributed by atoms with Crippen molar-refractivity contribution in [3.8, 4) is 0 Å². The molecule has 0 aromatic carbocycles. The van der Waals surface area contributed by atoms with E-state index < -0.39 is 28.4 Å². The second kappa shape index (κ2) is 7.01. The maximum absolute atomic E-state index is 11.7. The van der Waals surface area contributed by atoms with Crippen LogP contribution in [0.25, 0.3) is 0 Å². The summed E-state index contributed by atoms with van der Waals surface area (Å²) in [4.78, 5) is 21.6. The third-order valence-corrected chi connectivity index (χ3v) is 3.66. The molecule has 112 valence electrons. The summed E-state index contributed by atoms with van der Waals surface area (Å²) >= 11 is 0. The first-order valence-corrected chi connectivity index (χ1v) is 7.26. The molecule has 0 aliphatic heterocycles. The zero-order valence-electron chi connectivity index (χ0n) is 10.9. The second-order valence-electron chi connectivity index (χ2n) is 4.02. The Morgan fingerprint density at radius 2 is 2.15 bits per heavy atom. The SMILES string of the molecule is Cn1cc(S(=O)(=O)NCC(=O)NCCCC(=O)O)cn1. The van der Waals surface area contributed by atoms with E-state index in [4.69, 9.17) is 5.11 Å². The minimum absolute atomic E-state index is 0.0290. The fourth-order valence-electron chi connectivity index (χ4n) is 1.31. The molecule has 1 heterocycles. The first kappa shape index (κ1) is 16.1. The smallest absolute Gasteiger partial charge is 0.303 e. The molecule has 0 saturated carbocycles. The summed E-state index contributed by atoms with van der Waals surface area (Å²) in [7, 11) is -2.19. The highest BCUT2D eigenvalue weighted by molar-refractivity contribution is 7.89. The summed E-state index contributed by atoms with van der Waals surface area (Å²) in [5, 5.41) is 14.6. The molecule has 1 aromatic heterocycles. The molecule has 0 radical (unpaired) electrons. The van der Waals surface area contributed by atoms with Crippen molar-refractivity contribution in [2.75, 3.05) is 13.1 Å². The van der Waals surface area contributed by atoms with Gasteiger partial charge in [-0.05, 0) is 6.42 Å². The summed E-state index contributed by atoms with van der Waals surface area (Å²) in [5.74, 6) is -1.47. The summed E-state index contributed by atoms with van der Waals surface area (Å²) in [5.41, 5.74) is 0. The van der Waals surface area contributed by atoms with Crippen molar-refractivity contribution in [1.29, 1.82) is 0 Å². The van der Waals surface area contributed by atoms with E-state index in [0.717, 1.165) is 0 Å². The molecule has 1 rings (SSSR count). The maximum atomic E-state index is 11.7. The van der Waals surface area contributed by atoms with E-state index in [1.54, 1.807) is 7.05 Å². The Balaban J connectivity index is 2.35. The molecule has 0 fully saturated rings. The summed E-state index contributed by atoms with van der Waals surface area (Å²) in [6, 6.07) is 0. The maximum Gasteiger partial charge on any atom is 0.303 e. The first-order valence-electron chi connectivity index (χ1n) is 5.78. The highest BCUT2D eigenvalue weighted by Crippen LogP contribution is 2.04. The summed E-state index contributed by atoms with van der Waals surface area (Å²) in [6.07, 6.45) is 2.72. The topological polar surface area (TPSA) is 130 Å². The Labute approximate surface area is 116 Å². The van der Waals surface area contributed by atoms with Crippen molar-refractivity contribution in [2.24, 2.45) is 7.05 Å². The van der Waals surface area contributed by atoms with Gasteiger partial charge in [-0.15, -0.1) is 0 Å². The molecule has 9 nitrogen and oxygen atoms in total. The predicted octanol–water partition coefficient (Wildman–Crippen LogP) is -1.32. The second-order valence-corrected chi connectivity index (χ2v) is 5.79. The van der Waals surface area contributed by atoms with Crippen LogP contribution in [0.15, 0.2) is 17.3 Å². The molecule has 1 amide bonds. The molecule has 1 aromatic rings. The van der Waals surface area contributed by atoms with Gasteiger partial charge in [-0.2, -0.15) is 5.10 Å². The standard InChI is InChI=1S/C10H16N4O5S/c1-14-7-8(5-12-14)20(18,19)13-6-9(15)11-4-2-3-10(16)17/h5,7,13H,2-4,6H2,1H3,(H,11,15)(H,16,17). The lowest BCUT2D eigenvalue weighted by Crippen LogP contribution is -2.37. The minimum atomic E-state index is -3.77. The number of hydrogen-bond acceptors (Lipinski definition) is 5. The lowest BCUT2D eigenvalue weighted by atomic mass is 10.3. The highest BCUT2D eigenvalue weighted by Gasteiger charge is 2.16. The quantitative estimate of drug-likeness (QED) is 0.511. The van der Waals surface area contributed by atoms with Crippen molar-refractivity contribution in [3.63, 3.8) is 0 Å². The average Bonchev–Trinajstić information content (AvgIpc) is 2.79. The Bertz CT molecular complexity index is 580. The molecule has 20 heavy (non-hydrogen) atoms. The Morgan fingerprint density at radius 1 is 1.45 bits per heavy atom.